The lowest BCUT2D eigenvalue weighted by atomic mass is 10.0. The first-order chi connectivity index (χ1) is 9.61. The largest absolute Gasteiger partial charge is 0.339 e. The number of nitrogens with one attached hydrogen (secondary N) is 1. The first-order valence-corrected chi connectivity index (χ1v) is 7.11. The number of aryl methyl sites for hydroxylation is 1. The number of nitrogens with zero attached hydrogens (tertiary/aromatic N) is 3. The zero-order valence-electron chi connectivity index (χ0n) is 12.6. The third kappa shape index (κ3) is 3.42. The van der Waals surface area contributed by atoms with Crippen LogP contribution in [0.25, 0.3) is 11.5 Å². The molecule has 20 heavy (non-hydrogen) atoms. The average molecular weight is 274 g/mol. The van der Waals surface area contributed by atoms with E-state index in [1.807, 2.05) is 19.1 Å². The molecule has 0 aliphatic heterocycles. The first kappa shape index (κ1) is 14.7. The highest BCUT2D eigenvalue weighted by Crippen LogP contribution is 2.21. The SMILES string of the molecule is CCCNC(C)C(C)c1nc(-c2cc(C)ccn2)no1. The van der Waals surface area contributed by atoms with Crippen LogP contribution in [-0.4, -0.2) is 27.7 Å². The molecule has 0 fully saturated rings. The standard InChI is InChI=1S/C15H22N4O/c1-5-7-16-12(4)11(3)15-18-14(19-20-15)13-9-10(2)6-8-17-13/h6,8-9,11-12,16H,5,7H2,1-4H3. The van der Waals surface area contributed by atoms with Crippen molar-refractivity contribution >= 4 is 0 Å². The van der Waals surface area contributed by atoms with Gasteiger partial charge in [0.25, 0.3) is 0 Å². The predicted octanol–water partition coefficient (Wildman–Crippen LogP) is 2.93. The van der Waals surface area contributed by atoms with Crippen molar-refractivity contribution in [2.45, 2.75) is 46.1 Å². The maximum Gasteiger partial charge on any atom is 0.231 e. The predicted molar refractivity (Wildman–Crippen MR) is 78.4 cm³/mol. The molecule has 5 heteroatoms. The number of hydrogen-bond acceptors (Lipinski definition) is 5. The third-order valence-corrected chi connectivity index (χ3v) is 3.44. The quantitative estimate of drug-likeness (QED) is 0.877. The van der Waals surface area contributed by atoms with Crippen LogP contribution in [0.4, 0.5) is 0 Å². The topological polar surface area (TPSA) is 63.8 Å². The van der Waals surface area contributed by atoms with Gasteiger partial charge in [-0.3, -0.25) is 4.98 Å². The van der Waals surface area contributed by atoms with Crippen LogP contribution < -0.4 is 5.32 Å². The molecule has 0 spiro atoms. The fourth-order valence-corrected chi connectivity index (χ4v) is 1.95. The second kappa shape index (κ2) is 6.61. The normalized spacial score (nSPS) is 14.2. The van der Waals surface area contributed by atoms with Gasteiger partial charge < -0.3 is 9.84 Å². The lowest BCUT2D eigenvalue weighted by Crippen LogP contribution is -2.31. The van der Waals surface area contributed by atoms with Crippen LogP contribution in [0.3, 0.4) is 0 Å². The van der Waals surface area contributed by atoms with Crippen LogP contribution >= 0.6 is 0 Å². The first-order valence-electron chi connectivity index (χ1n) is 7.11. The molecule has 0 saturated heterocycles. The van der Waals surface area contributed by atoms with Gasteiger partial charge in [-0.05, 0) is 44.5 Å². The van der Waals surface area contributed by atoms with E-state index >= 15 is 0 Å². The van der Waals surface area contributed by atoms with Crippen LogP contribution in [0.1, 0.15) is 44.6 Å². The van der Waals surface area contributed by atoms with E-state index in [4.69, 9.17) is 4.52 Å². The Balaban J connectivity index is 2.12. The average Bonchev–Trinajstić information content (AvgIpc) is 2.93. The molecule has 2 aromatic rings. The van der Waals surface area contributed by atoms with Gasteiger partial charge in [0, 0.05) is 12.2 Å². The van der Waals surface area contributed by atoms with Gasteiger partial charge in [0.1, 0.15) is 5.69 Å². The van der Waals surface area contributed by atoms with Gasteiger partial charge in [0.15, 0.2) is 0 Å². The van der Waals surface area contributed by atoms with E-state index in [0.717, 1.165) is 24.2 Å². The Morgan fingerprint density at radius 2 is 2.15 bits per heavy atom. The molecule has 0 aliphatic carbocycles. The minimum Gasteiger partial charge on any atom is -0.339 e. The molecule has 2 aromatic heterocycles. The van der Waals surface area contributed by atoms with Gasteiger partial charge in [0.2, 0.25) is 11.7 Å². The molecule has 2 heterocycles. The molecule has 1 N–H and O–H groups in total. The summed E-state index contributed by atoms with van der Waals surface area (Å²) in [6.07, 6.45) is 2.87. The number of pyridine rings is 1. The molecule has 0 amide bonds. The fraction of sp³-hybridized carbons (Fsp3) is 0.533. The minimum absolute atomic E-state index is 0.174. The number of hydrogen-bond donors (Lipinski definition) is 1. The highest BCUT2D eigenvalue weighted by molar-refractivity contribution is 5.49. The van der Waals surface area contributed by atoms with Crippen molar-refractivity contribution in [2.24, 2.45) is 0 Å². The Morgan fingerprint density at radius 3 is 2.85 bits per heavy atom. The van der Waals surface area contributed by atoms with Crippen molar-refractivity contribution < 1.29 is 4.52 Å². The molecule has 108 valence electrons. The van der Waals surface area contributed by atoms with E-state index in [9.17, 15) is 0 Å². The maximum atomic E-state index is 5.38. The third-order valence-electron chi connectivity index (χ3n) is 3.44. The fourth-order valence-electron chi connectivity index (χ4n) is 1.95. The minimum atomic E-state index is 0.174. The summed E-state index contributed by atoms with van der Waals surface area (Å²) in [5, 5.41) is 7.48. The Morgan fingerprint density at radius 1 is 1.35 bits per heavy atom. The molecular formula is C15H22N4O. The molecule has 2 unspecified atom stereocenters. The van der Waals surface area contributed by atoms with E-state index in [0.29, 0.717) is 17.8 Å². The monoisotopic (exact) mass is 274 g/mol. The van der Waals surface area contributed by atoms with Gasteiger partial charge in [-0.25, -0.2) is 0 Å². The van der Waals surface area contributed by atoms with Crippen LogP contribution in [0.15, 0.2) is 22.9 Å². The van der Waals surface area contributed by atoms with E-state index in [2.05, 4.69) is 41.2 Å². The summed E-state index contributed by atoms with van der Waals surface area (Å²) in [5.41, 5.74) is 1.88. The summed E-state index contributed by atoms with van der Waals surface area (Å²) in [4.78, 5) is 8.75. The van der Waals surface area contributed by atoms with Crippen molar-refractivity contribution in [1.82, 2.24) is 20.4 Å². The van der Waals surface area contributed by atoms with Crippen molar-refractivity contribution in [2.75, 3.05) is 6.54 Å². The molecule has 0 aliphatic rings. The highest BCUT2D eigenvalue weighted by atomic mass is 16.5. The highest BCUT2D eigenvalue weighted by Gasteiger charge is 2.21. The second-order valence-corrected chi connectivity index (χ2v) is 5.21. The van der Waals surface area contributed by atoms with Crippen LogP contribution in [0, 0.1) is 6.92 Å². The van der Waals surface area contributed by atoms with E-state index in [-0.39, 0.29) is 5.92 Å². The summed E-state index contributed by atoms with van der Waals surface area (Å²) in [6, 6.07) is 4.20. The molecular weight excluding hydrogens is 252 g/mol. The molecule has 2 atom stereocenters. The molecule has 0 saturated carbocycles. The lowest BCUT2D eigenvalue weighted by Gasteiger charge is -2.17. The summed E-state index contributed by atoms with van der Waals surface area (Å²) in [5.74, 6) is 1.38. The van der Waals surface area contributed by atoms with Gasteiger partial charge >= 0.3 is 0 Å². The zero-order chi connectivity index (χ0) is 14.5. The molecule has 0 bridgehead atoms. The van der Waals surface area contributed by atoms with E-state index in [1.165, 1.54) is 0 Å². The molecule has 0 aromatic carbocycles. The van der Waals surface area contributed by atoms with Gasteiger partial charge in [-0.15, -0.1) is 0 Å². The van der Waals surface area contributed by atoms with Crippen molar-refractivity contribution in [1.29, 1.82) is 0 Å². The Kier molecular flexibility index (Phi) is 4.84. The molecule has 5 nitrogen and oxygen atoms in total. The summed E-state index contributed by atoms with van der Waals surface area (Å²) >= 11 is 0. The Hall–Kier alpha value is -1.75. The molecule has 0 radical (unpaired) electrons. The summed E-state index contributed by atoms with van der Waals surface area (Å²) in [6.45, 7) is 9.39. The van der Waals surface area contributed by atoms with Crippen LogP contribution in [0.2, 0.25) is 0 Å². The Labute approximate surface area is 119 Å². The van der Waals surface area contributed by atoms with E-state index in [1.54, 1.807) is 6.20 Å². The second-order valence-electron chi connectivity index (χ2n) is 5.21. The van der Waals surface area contributed by atoms with Crippen molar-refractivity contribution in [3.8, 4) is 11.5 Å². The van der Waals surface area contributed by atoms with E-state index < -0.39 is 0 Å². The summed E-state index contributed by atoms with van der Waals surface area (Å²) < 4.78 is 5.38. The number of rotatable bonds is 6. The van der Waals surface area contributed by atoms with Crippen LogP contribution in [-0.2, 0) is 0 Å². The smallest absolute Gasteiger partial charge is 0.231 e. The Bertz CT molecular complexity index is 552. The van der Waals surface area contributed by atoms with Gasteiger partial charge in [0.05, 0.1) is 5.92 Å². The molecule has 2 rings (SSSR count). The van der Waals surface area contributed by atoms with Gasteiger partial charge in [-0.2, -0.15) is 4.98 Å². The van der Waals surface area contributed by atoms with Crippen LogP contribution in [0.5, 0.6) is 0 Å². The van der Waals surface area contributed by atoms with Crippen molar-refractivity contribution in [3.63, 3.8) is 0 Å². The zero-order valence-corrected chi connectivity index (χ0v) is 12.6. The van der Waals surface area contributed by atoms with Gasteiger partial charge in [-0.1, -0.05) is 19.0 Å². The number of aromatic nitrogens is 3. The maximum absolute atomic E-state index is 5.38. The van der Waals surface area contributed by atoms with Crippen molar-refractivity contribution in [3.05, 3.63) is 29.8 Å². The lowest BCUT2D eigenvalue weighted by molar-refractivity contribution is 0.331. The summed E-state index contributed by atoms with van der Waals surface area (Å²) in [7, 11) is 0.